The number of hydrogen-bond acceptors (Lipinski definition) is 7. The highest BCUT2D eigenvalue weighted by Gasteiger charge is 2.29. The smallest absolute Gasteiger partial charge is 0.261 e. The molecule has 2 aromatic heterocycles. The number of carbonyl (C=O) groups excluding carboxylic acids is 1. The van der Waals surface area contributed by atoms with Gasteiger partial charge in [0, 0.05) is 43.5 Å². The van der Waals surface area contributed by atoms with Crippen molar-refractivity contribution in [2.45, 2.75) is 44.3 Å². The maximum atomic E-state index is 13.2. The summed E-state index contributed by atoms with van der Waals surface area (Å²) in [5.41, 5.74) is 2.65. The third kappa shape index (κ3) is 3.89. The van der Waals surface area contributed by atoms with Crippen molar-refractivity contribution in [1.82, 2.24) is 14.6 Å². The van der Waals surface area contributed by atoms with E-state index in [0.717, 1.165) is 36.4 Å². The van der Waals surface area contributed by atoms with Crippen LogP contribution in [0.5, 0.6) is 5.75 Å². The van der Waals surface area contributed by atoms with Gasteiger partial charge in [-0.15, -0.1) is 0 Å². The number of anilines is 2. The molecule has 1 aromatic carbocycles. The van der Waals surface area contributed by atoms with E-state index in [1.165, 1.54) is 6.20 Å². The molecular weight excluding hydrogens is 410 g/mol. The van der Waals surface area contributed by atoms with Crippen LogP contribution in [0.2, 0.25) is 0 Å². The molecule has 1 amide bonds. The molecule has 0 radical (unpaired) electrons. The number of aliphatic hydroxyl groups excluding tert-OH is 1. The standard InChI is InChI=1S/C23H27N5O4/c1-23(31)4-2-7-27(9-5-23)19-12-20-15(10-16(14-29)32-20)11-18(19)26-22(30)17-13-25-28-8-3-6-24-21(17)28/h3,6,8,11-13,16,29,31H,2,4-5,7,9-10,14H2,1H3,(H,26,30). The van der Waals surface area contributed by atoms with Crippen LogP contribution in [0.1, 0.15) is 42.1 Å². The fourth-order valence-electron chi connectivity index (χ4n) is 4.49. The summed E-state index contributed by atoms with van der Waals surface area (Å²) in [6.07, 6.45) is 7.40. The fraction of sp³-hybridized carbons (Fsp3) is 0.435. The van der Waals surface area contributed by atoms with Crippen LogP contribution in [0, 0.1) is 0 Å². The van der Waals surface area contributed by atoms with Crippen molar-refractivity contribution in [2.75, 3.05) is 29.9 Å². The minimum absolute atomic E-state index is 0.0631. The molecule has 9 heteroatoms. The molecule has 32 heavy (non-hydrogen) atoms. The molecule has 2 aliphatic rings. The Morgan fingerprint density at radius 2 is 2.22 bits per heavy atom. The first kappa shape index (κ1) is 20.7. The van der Waals surface area contributed by atoms with Crippen LogP contribution in [0.15, 0.2) is 36.8 Å². The number of aliphatic hydroxyl groups is 2. The van der Waals surface area contributed by atoms with Crippen LogP contribution in [0.3, 0.4) is 0 Å². The number of nitrogens with zero attached hydrogens (tertiary/aromatic N) is 4. The second-order valence-electron chi connectivity index (χ2n) is 8.84. The van der Waals surface area contributed by atoms with Crippen molar-refractivity contribution in [2.24, 2.45) is 0 Å². The number of hydrogen-bond donors (Lipinski definition) is 3. The van der Waals surface area contributed by atoms with E-state index < -0.39 is 5.60 Å². The van der Waals surface area contributed by atoms with E-state index in [1.807, 2.05) is 19.1 Å². The number of amides is 1. The molecule has 1 saturated heterocycles. The number of benzene rings is 1. The van der Waals surface area contributed by atoms with Gasteiger partial charge < -0.3 is 25.2 Å². The maximum absolute atomic E-state index is 13.2. The summed E-state index contributed by atoms with van der Waals surface area (Å²) in [7, 11) is 0. The highest BCUT2D eigenvalue weighted by atomic mass is 16.5. The van der Waals surface area contributed by atoms with Crippen molar-refractivity contribution < 1.29 is 19.7 Å². The maximum Gasteiger partial charge on any atom is 0.261 e. The Bertz CT molecular complexity index is 1160. The zero-order chi connectivity index (χ0) is 22.3. The molecule has 0 spiro atoms. The summed E-state index contributed by atoms with van der Waals surface area (Å²) in [5, 5.41) is 27.3. The van der Waals surface area contributed by atoms with Crippen LogP contribution in [0.25, 0.3) is 5.65 Å². The molecule has 2 unspecified atom stereocenters. The van der Waals surface area contributed by atoms with E-state index in [-0.39, 0.29) is 18.6 Å². The first-order valence-electron chi connectivity index (χ1n) is 10.9. The number of carbonyl (C=O) groups is 1. The van der Waals surface area contributed by atoms with Gasteiger partial charge in [-0.25, -0.2) is 9.50 Å². The molecule has 0 saturated carbocycles. The number of rotatable bonds is 4. The monoisotopic (exact) mass is 437 g/mol. The molecule has 3 aromatic rings. The first-order valence-corrected chi connectivity index (χ1v) is 10.9. The van der Waals surface area contributed by atoms with Crippen LogP contribution in [-0.2, 0) is 6.42 Å². The van der Waals surface area contributed by atoms with Crippen LogP contribution >= 0.6 is 0 Å². The first-order chi connectivity index (χ1) is 15.4. The number of nitrogens with one attached hydrogen (secondary N) is 1. The van der Waals surface area contributed by atoms with Crippen molar-refractivity contribution >= 4 is 22.9 Å². The van der Waals surface area contributed by atoms with Gasteiger partial charge in [0.1, 0.15) is 17.4 Å². The van der Waals surface area contributed by atoms with Crippen molar-refractivity contribution in [3.05, 3.63) is 47.9 Å². The number of ether oxygens (including phenoxy) is 1. The molecule has 0 bridgehead atoms. The van der Waals surface area contributed by atoms with E-state index >= 15 is 0 Å². The average Bonchev–Trinajstić information content (AvgIpc) is 3.34. The average molecular weight is 438 g/mol. The van der Waals surface area contributed by atoms with Crippen molar-refractivity contribution in [3.63, 3.8) is 0 Å². The van der Waals surface area contributed by atoms with Gasteiger partial charge in [-0.1, -0.05) is 0 Å². The lowest BCUT2D eigenvalue weighted by atomic mass is 9.98. The highest BCUT2D eigenvalue weighted by molar-refractivity contribution is 6.09. The van der Waals surface area contributed by atoms with Gasteiger partial charge in [-0.3, -0.25) is 4.79 Å². The minimum atomic E-state index is -0.698. The highest BCUT2D eigenvalue weighted by Crippen LogP contribution is 2.40. The Hall–Kier alpha value is -3.17. The Balaban J connectivity index is 1.49. The van der Waals surface area contributed by atoms with E-state index in [4.69, 9.17) is 4.74 Å². The summed E-state index contributed by atoms with van der Waals surface area (Å²) >= 11 is 0. The molecule has 2 atom stereocenters. The third-order valence-electron chi connectivity index (χ3n) is 6.30. The Morgan fingerprint density at radius 1 is 1.34 bits per heavy atom. The molecule has 1 fully saturated rings. The fourth-order valence-corrected chi connectivity index (χ4v) is 4.49. The van der Waals surface area contributed by atoms with Crippen molar-refractivity contribution in [1.29, 1.82) is 0 Å². The van der Waals surface area contributed by atoms with Gasteiger partial charge in [0.25, 0.3) is 5.91 Å². The summed E-state index contributed by atoms with van der Waals surface area (Å²) in [6, 6.07) is 5.63. The zero-order valence-electron chi connectivity index (χ0n) is 18.0. The normalized spacial score (nSPS) is 23.0. The van der Waals surface area contributed by atoms with Crippen LogP contribution in [0.4, 0.5) is 11.4 Å². The largest absolute Gasteiger partial charge is 0.487 e. The Morgan fingerprint density at radius 3 is 3.06 bits per heavy atom. The molecule has 3 N–H and O–H groups in total. The molecule has 2 aliphatic heterocycles. The number of fused-ring (bicyclic) bond motifs is 2. The van der Waals surface area contributed by atoms with Crippen LogP contribution < -0.4 is 15.0 Å². The van der Waals surface area contributed by atoms with Gasteiger partial charge in [0.2, 0.25) is 0 Å². The molecule has 4 heterocycles. The summed E-state index contributed by atoms with van der Waals surface area (Å²) in [5.74, 6) is 0.435. The van der Waals surface area contributed by atoms with Crippen LogP contribution in [-0.4, -0.2) is 62.1 Å². The van der Waals surface area contributed by atoms with Gasteiger partial charge in [-0.2, -0.15) is 5.10 Å². The summed E-state index contributed by atoms with van der Waals surface area (Å²) in [6.45, 7) is 3.23. The van der Waals surface area contributed by atoms with E-state index in [1.54, 1.807) is 23.0 Å². The molecule has 9 nitrogen and oxygen atoms in total. The van der Waals surface area contributed by atoms with Gasteiger partial charge in [0.05, 0.1) is 29.8 Å². The number of aromatic nitrogens is 3. The Labute approximate surface area is 185 Å². The molecular formula is C23H27N5O4. The van der Waals surface area contributed by atoms with Gasteiger partial charge >= 0.3 is 0 Å². The topological polar surface area (TPSA) is 112 Å². The van der Waals surface area contributed by atoms with Gasteiger partial charge in [0.15, 0.2) is 5.65 Å². The second-order valence-corrected chi connectivity index (χ2v) is 8.84. The predicted molar refractivity (Wildman–Crippen MR) is 119 cm³/mol. The van der Waals surface area contributed by atoms with E-state index in [9.17, 15) is 15.0 Å². The quantitative estimate of drug-likeness (QED) is 0.572. The molecule has 5 rings (SSSR count). The predicted octanol–water partition coefficient (Wildman–Crippen LogP) is 2.02. The van der Waals surface area contributed by atoms with Crippen molar-refractivity contribution in [3.8, 4) is 5.75 Å². The van der Waals surface area contributed by atoms with E-state index in [0.29, 0.717) is 36.3 Å². The summed E-state index contributed by atoms with van der Waals surface area (Å²) < 4.78 is 7.45. The minimum Gasteiger partial charge on any atom is -0.487 e. The summed E-state index contributed by atoms with van der Waals surface area (Å²) in [4.78, 5) is 19.6. The lowest BCUT2D eigenvalue weighted by Crippen LogP contribution is -2.29. The van der Waals surface area contributed by atoms with Gasteiger partial charge in [-0.05, 0) is 38.3 Å². The van der Waals surface area contributed by atoms with E-state index in [2.05, 4.69) is 20.3 Å². The SMILES string of the molecule is CC1(O)CCCN(c2cc3c(cc2NC(=O)c2cnn4cccnc24)CC(CO)O3)CC1. The lowest BCUT2D eigenvalue weighted by molar-refractivity contribution is 0.0481. The second kappa shape index (κ2) is 8.07. The molecule has 0 aliphatic carbocycles. The third-order valence-corrected chi connectivity index (χ3v) is 6.30. The zero-order valence-corrected chi connectivity index (χ0v) is 18.0. The Kier molecular flexibility index (Phi) is 5.22. The lowest BCUT2D eigenvalue weighted by Gasteiger charge is -2.27. The molecule has 168 valence electrons.